The largest absolute Gasteiger partial charge is 0.482 e. The fourth-order valence-electron chi connectivity index (χ4n) is 2.56. The highest BCUT2D eigenvalue weighted by Gasteiger charge is 2.13. The molecule has 0 aliphatic carbocycles. The summed E-state index contributed by atoms with van der Waals surface area (Å²) in [5.41, 5.74) is 3.22. The molecule has 0 aliphatic rings. The van der Waals surface area contributed by atoms with E-state index in [1.165, 1.54) is 4.90 Å². The van der Waals surface area contributed by atoms with Crippen molar-refractivity contribution < 1.29 is 19.1 Å². The van der Waals surface area contributed by atoms with Gasteiger partial charge in [0.1, 0.15) is 5.75 Å². The quantitative estimate of drug-likeness (QED) is 0.541. The van der Waals surface area contributed by atoms with E-state index in [0.29, 0.717) is 12.3 Å². The van der Waals surface area contributed by atoms with Crippen LogP contribution in [0.3, 0.4) is 0 Å². The molecule has 0 saturated heterocycles. The number of esters is 1. The zero-order valence-corrected chi connectivity index (χ0v) is 16.4. The van der Waals surface area contributed by atoms with Crippen molar-refractivity contribution in [2.24, 2.45) is 0 Å². The highest BCUT2D eigenvalue weighted by molar-refractivity contribution is 7.07. The Hall–Kier alpha value is -3.12. The number of rotatable bonds is 8. The number of ether oxygens (including phenoxy) is 2. The molecule has 3 rings (SSSR count). The minimum Gasteiger partial charge on any atom is -0.482 e. The number of thiophene rings is 1. The van der Waals surface area contributed by atoms with Gasteiger partial charge in [-0.2, -0.15) is 11.3 Å². The van der Waals surface area contributed by atoms with E-state index < -0.39 is 5.97 Å². The first-order chi connectivity index (χ1) is 13.6. The molecule has 2 aromatic carbocycles. The molecule has 0 N–H and O–H groups in total. The van der Waals surface area contributed by atoms with Gasteiger partial charge in [-0.25, -0.2) is 4.79 Å². The summed E-state index contributed by atoms with van der Waals surface area (Å²) >= 11 is 1.58. The Labute approximate surface area is 168 Å². The molecule has 0 fully saturated rings. The summed E-state index contributed by atoms with van der Waals surface area (Å²) in [6.07, 6.45) is 0. The second kappa shape index (κ2) is 9.71. The van der Waals surface area contributed by atoms with Gasteiger partial charge in [0.15, 0.2) is 13.2 Å². The number of nitrogens with zero attached hydrogens (tertiary/aromatic N) is 1. The summed E-state index contributed by atoms with van der Waals surface area (Å²) < 4.78 is 10.4. The molecule has 0 atom stereocenters. The van der Waals surface area contributed by atoms with Gasteiger partial charge in [-0.05, 0) is 45.6 Å². The standard InChI is InChI=1S/C22H21NO4S/c1-23(13-17-11-12-28-16-17)21(24)14-27-22(25)15-26-20-9-7-19(8-10-20)18-5-3-2-4-6-18/h2-12,16H,13-15H2,1H3. The Morgan fingerprint density at radius 3 is 2.32 bits per heavy atom. The molecule has 5 nitrogen and oxygen atoms in total. The topological polar surface area (TPSA) is 55.8 Å². The molecule has 6 heteroatoms. The highest BCUT2D eigenvalue weighted by atomic mass is 32.1. The van der Waals surface area contributed by atoms with E-state index >= 15 is 0 Å². The number of carbonyl (C=O) groups is 2. The van der Waals surface area contributed by atoms with Gasteiger partial charge < -0.3 is 14.4 Å². The predicted octanol–water partition coefficient (Wildman–Crippen LogP) is 4.00. The molecule has 1 aromatic heterocycles. The molecule has 0 spiro atoms. The molecule has 0 saturated carbocycles. The number of likely N-dealkylation sites (N-methyl/N-ethyl adjacent to an activating group) is 1. The minimum atomic E-state index is -0.579. The fraction of sp³-hybridized carbons (Fsp3) is 0.182. The maximum atomic E-state index is 12.0. The van der Waals surface area contributed by atoms with Crippen LogP contribution in [0.2, 0.25) is 0 Å². The summed E-state index contributed by atoms with van der Waals surface area (Å²) in [6.45, 7) is -0.0495. The third kappa shape index (κ3) is 5.69. The van der Waals surface area contributed by atoms with Crippen molar-refractivity contribution >= 4 is 23.2 Å². The van der Waals surface area contributed by atoms with Crippen LogP contribution in [-0.4, -0.2) is 37.0 Å². The maximum Gasteiger partial charge on any atom is 0.344 e. The lowest BCUT2D eigenvalue weighted by molar-refractivity contribution is -0.153. The molecule has 28 heavy (non-hydrogen) atoms. The Morgan fingerprint density at radius 1 is 0.929 bits per heavy atom. The van der Waals surface area contributed by atoms with Gasteiger partial charge in [-0.1, -0.05) is 42.5 Å². The zero-order chi connectivity index (χ0) is 19.8. The molecule has 3 aromatic rings. The molecule has 144 valence electrons. The van der Waals surface area contributed by atoms with Crippen LogP contribution in [0.4, 0.5) is 0 Å². The minimum absolute atomic E-state index is 0.244. The molecule has 1 heterocycles. The van der Waals surface area contributed by atoms with Gasteiger partial charge >= 0.3 is 5.97 Å². The summed E-state index contributed by atoms with van der Waals surface area (Å²) in [6, 6.07) is 19.4. The van der Waals surface area contributed by atoms with Crippen molar-refractivity contribution in [2.45, 2.75) is 6.54 Å². The van der Waals surface area contributed by atoms with Gasteiger partial charge in [0, 0.05) is 13.6 Å². The SMILES string of the molecule is CN(Cc1ccsc1)C(=O)COC(=O)COc1ccc(-c2ccccc2)cc1. The summed E-state index contributed by atoms with van der Waals surface area (Å²) in [5, 5.41) is 3.93. The Kier molecular flexibility index (Phi) is 6.81. The van der Waals surface area contributed by atoms with Crippen molar-refractivity contribution in [1.82, 2.24) is 4.90 Å². The van der Waals surface area contributed by atoms with E-state index in [1.54, 1.807) is 30.5 Å². The van der Waals surface area contributed by atoms with Crippen LogP contribution in [0, 0.1) is 0 Å². The molecular weight excluding hydrogens is 374 g/mol. The maximum absolute atomic E-state index is 12.0. The number of hydrogen-bond acceptors (Lipinski definition) is 5. The number of amides is 1. The smallest absolute Gasteiger partial charge is 0.344 e. The zero-order valence-electron chi connectivity index (χ0n) is 15.5. The van der Waals surface area contributed by atoms with Crippen LogP contribution in [0.15, 0.2) is 71.4 Å². The van der Waals surface area contributed by atoms with Crippen molar-refractivity contribution in [1.29, 1.82) is 0 Å². The Balaban J connectivity index is 1.41. The molecule has 0 radical (unpaired) electrons. The van der Waals surface area contributed by atoms with Gasteiger partial charge in [0.05, 0.1) is 0 Å². The third-order valence-corrected chi connectivity index (χ3v) is 4.83. The Bertz CT molecular complexity index is 892. The molecule has 0 aliphatic heterocycles. The van der Waals surface area contributed by atoms with Crippen LogP contribution in [-0.2, 0) is 20.9 Å². The average molecular weight is 395 g/mol. The van der Waals surface area contributed by atoms with E-state index in [4.69, 9.17) is 9.47 Å². The molecule has 1 amide bonds. The third-order valence-electron chi connectivity index (χ3n) is 4.10. The number of carbonyl (C=O) groups excluding carboxylic acids is 2. The van der Waals surface area contributed by atoms with E-state index in [9.17, 15) is 9.59 Å². The lowest BCUT2D eigenvalue weighted by Crippen LogP contribution is -2.31. The van der Waals surface area contributed by atoms with Crippen LogP contribution in [0.25, 0.3) is 11.1 Å². The lowest BCUT2D eigenvalue weighted by atomic mass is 10.1. The highest BCUT2D eigenvalue weighted by Crippen LogP contribution is 2.22. The normalized spacial score (nSPS) is 10.3. The molecule has 0 unspecified atom stereocenters. The second-order valence-corrected chi connectivity index (χ2v) is 7.00. The van der Waals surface area contributed by atoms with E-state index in [2.05, 4.69) is 0 Å². The summed E-state index contributed by atoms with van der Waals surface area (Å²) in [4.78, 5) is 25.4. The molecular formula is C22H21NO4S. The van der Waals surface area contributed by atoms with E-state index in [-0.39, 0.29) is 19.1 Å². The average Bonchev–Trinajstić information content (AvgIpc) is 3.24. The van der Waals surface area contributed by atoms with Crippen molar-refractivity contribution in [2.75, 3.05) is 20.3 Å². The van der Waals surface area contributed by atoms with Gasteiger partial charge in [0.2, 0.25) is 0 Å². The van der Waals surface area contributed by atoms with Crippen LogP contribution in [0.1, 0.15) is 5.56 Å². The van der Waals surface area contributed by atoms with E-state index in [1.807, 2.05) is 59.3 Å². The monoisotopic (exact) mass is 395 g/mol. The predicted molar refractivity (Wildman–Crippen MR) is 109 cm³/mol. The summed E-state index contributed by atoms with van der Waals surface area (Å²) in [5.74, 6) is -0.270. The fourth-order valence-corrected chi connectivity index (χ4v) is 3.22. The first kappa shape index (κ1) is 19.6. The first-order valence-electron chi connectivity index (χ1n) is 8.81. The summed E-state index contributed by atoms with van der Waals surface area (Å²) in [7, 11) is 1.68. The van der Waals surface area contributed by atoms with Gasteiger partial charge in [0.25, 0.3) is 5.91 Å². The van der Waals surface area contributed by atoms with Crippen molar-refractivity contribution in [3.05, 3.63) is 77.0 Å². The molecule has 0 bridgehead atoms. The second-order valence-electron chi connectivity index (χ2n) is 6.22. The number of benzene rings is 2. The lowest BCUT2D eigenvalue weighted by Gasteiger charge is -2.16. The van der Waals surface area contributed by atoms with Crippen molar-refractivity contribution in [3.8, 4) is 16.9 Å². The van der Waals surface area contributed by atoms with E-state index in [0.717, 1.165) is 16.7 Å². The Morgan fingerprint density at radius 2 is 1.64 bits per heavy atom. The van der Waals surface area contributed by atoms with Crippen molar-refractivity contribution in [3.63, 3.8) is 0 Å². The number of hydrogen-bond donors (Lipinski definition) is 0. The van der Waals surface area contributed by atoms with Crippen LogP contribution < -0.4 is 4.74 Å². The van der Waals surface area contributed by atoms with Gasteiger partial charge in [-0.15, -0.1) is 0 Å². The van der Waals surface area contributed by atoms with Crippen LogP contribution >= 0.6 is 11.3 Å². The van der Waals surface area contributed by atoms with Crippen LogP contribution in [0.5, 0.6) is 5.75 Å². The van der Waals surface area contributed by atoms with Gasteiger partial charge in [-0.3, -0.25) is 4.79 Å². The first-order valence-corrected chi connectivity index (χ1v) is 9.75.